The monoisotopic (exact) mass is 300 g/mol. The third-order valence-corrected chi connectivity index (χ3v) is 6.08. The molecule has 0 spiro atoms. The fourth-order valence-electron chi connectivity index (χ4n) is 3.39. The molecular weight excluding hydrogens is 272 g/mol. The first-order valence-electron chi connectivity index (χ1n) is 7.79. The van der Waals surface area contributed by atoms with Gasteiger partial charge in [0.2, 0.25) is 0 Å². The second kappa shape index (κ2) is 7.03. The molecule has 20 heavy (non-hydrogen) atoms. The Morgan fingerprint density at radius 1 is 1.35 bits per heavy atom. The Morgan fingerprint density at radius 2 is 2.15 bits per heavy atom. The third kappa shape index (κ3) is 4.04. The molecule has 0 saturated heterocycles. The van der Waals surface area contributed by atoms with Gasteiger partial charge in [0.05, 0.1) is 6.10 Å². The van der Waals surface area contributed by atoms with Gasteiger partial charge >= 0.3 is 6.03 Å². The summed E-state index contributed by atoms with van der Waals surface area (Å²) < 4.78 is 0. The van der Waals surface area contributed by atoms with Crippen molar-refractivity contribution >= 4 is 17.8 Å². The smallest absolute Gasteiger partial charge is 0.315 e. The molecule has 2 aliphatic rings. The summed E-state index contributed by atoms with van der Waals surface area (Å²) in [5, 5.41) is 16.8. The Balaban J connectivity index is 1.72. The van der Waals surface area contributed by atoms with E-state index in [1.807, 2.05) is 11.8 Å². The summed E-state index contributed by atoms with van der Waals surface area (Å²) in [6.45, 7) is 2.65. The summed E-state index contributed by atoms with van der Waals surface area (Å²) in [6.07, 6.45) is 9.30. The van der Waals surface area contributed by atoms with Crippen molar-refractivity contribution < 1.29 is 9.90 Å². The fourth-order valence-corrected chi connectivity index (χ4v) is 4.19. The van der Waals surface area contributed by atoms with Crippen molar-refractivity contribution in [2.24, 2.45) is 5.41 Å². The van der Waals surface area contributed by atoms with Crippen molar-refractivity contribution in [2.75, 3.05) is 12.8 Å². The highest BCUT2D eigenvalue weighted by molar-refractivity contribution is 7.99. The summed E-state index contributed by atoms with van der Waals surface area (Å²) >= 11 is 1.89. The molecular formula is C15H28N2O2S. The van der Waals surface area contributed by atoms with Gasteiger partial charge in [0.15, 0.2) is 0 Å². The molecule has 0 heterocycles. The first-order valence-corrected chi connectivity index (χ1v) is 9.07. The van der Waals surface area contributed by atoms with Gasteiger partial charge in [0.25, 0.3) is 0 Å². The molecule has 4 unspecified atom stereocenters. The van der Waals surface area contributed by atoms with Gasteiger partial charge in [-0.25, -0.2) is 4.79 Å². The van der Waals surface area contributed by atoms with Crippen LogP contribution in [0.5, 0.6) is 0 Å². The number of carbonyl (C=O) groups is 1. The van der Waals surface area contributed by atoms with Crippen molar-refractivity contribution in [2.45, 2.75) is 69.3 Å². The topological polar surface area (TPSA) is 61.4 Å². The largest absolute Gasteiger partial charge is 0.392 e. The molecule has 5 heteroatoms. The van der Waals surface area contributed by atoms with Crippen molar-refractivity contribution in [3.63, 3.8) is 0 Å². The lowest BCUT2D eigenvalue weighted by molar-refractivity contribution is 0.00305. The number of urea groups is 1. The molecule has 2 fully saturated rings. The Hall–Kier alpha value is -0.420. The van der Waals surface area contributed by atoms with Crippen LogP contribution in [0.4, 0.5) is 4.79 Å². The summed E-state index contributed by atoms with van der Waals surface area (Å²) in [4.78, 5) is 12.0. The zero-order valence-electron chi connectivity index (χ0n) is 12.7. The minimum Gasteiger partial charge on any atom is -0.392 e. The number of hydrogen-bond donors (Lipinski definition) is 3. The summed E-state index contributed by atoms with van der Waals surface area (Å²) in [7, 11) is 0. The summed E-state index contributed by atoms with van der Waals surface area (Å²) in [5.41, 5.74) is -0.160. The zero-order chi connectivity index (χ0) is 14.6. The van der Waals surface area contributed by atoms with E-state index in [4.69, 9.17) is 0 Å². The van der Waals surface area contributed by atoms with Crippen LogP contribution < -0.4 is 10.6 Å². The number of aliphatic hydroxyl groups is 1. The SMILES string of the molecule is CSC1CCC(NC(=O)NCC2(C)CCCCC2O)C1. The molecule has 0 bridgehead atoms. The number of nitrogens with one attached hydrogen (secondary N) is 2. The predicted octanol–water partition coefficient (Wildman–Crippen LogP) is 2.51. The number of rotatable bonds is 4. The molecule has 2 rings (SSSR count). The summed E-state index contributed by atoms with van der Waals surface area (Å²) in [5.74, 6) is 0. The van der Waals surface area contributed by atoms with E-state index in [1.54, 1.807) is 0 Å². The number of hydrogen-bond acceptors (Lipinski definition) is 3. The van der Waals surface area contributed by atoms with Gasteiger partial charge in [-0.3, -0.25) is 0 Å². The number of amides is 2. The molecule has 0 aromatic rings. The van der Waals surface area contributed by atoms with Crippen LogP contribution in [0.2, 0.25) is 0 Å². The molecule has 2 aliphatic carbocycles. The molecule has 0 aromatic carbocycles. The van der Waals surface area contributed by atoms with Gasteiger partial charge in [-0.1, -0.05) is 19.8 Å². The van der Waals surface area contributed by atoms with E-state index in [0.29, 0.717) is 17.8 Å². The normalized spacial score (nSPS) is 37.6. The molecule has 4 atom stereocenters. The van der Waals surface area contributed by atoms with Crippen LogP contribution in [0.1, 0.15) is 51.9 Å². The third-order valence-electron chi connectivity index (χ3n) is 4.99. The highest BCUT2D eigenvalue weighted by Crippen LogP contribution is 2.35. The first kappa shape index (κ1) is 16.0. The first-order chi connectivity index (χ1) is 9.53. The van der Waals surface area contributed by atoms with Crippen LogP contribution >= 0.6 is 11.8 Å². The van der Waals surface area contributed by atoms with E-state index < -0.39 is 0 Å². The van der Waals surface area contributed by atoms with Gasteiger partial charge < -0.3 is 15.7 Å². The Morgan fingerprint density at radius 3 is 2.80 bits per heavy atom. The van der Waals surface area contributed by atoms with Crippen LogP contribution in [0.15, 0.2) is 0 Å². The molecule has 0 aliphatic heterocycles. The molecule has 0 aromatic heterocycles. The average Bonchev–Trinajstić information content (AvgIpc) is 2.88. The van der Waals surface area contributed by atoms with Gasteiger partial charge in [0.1, 0.15) is 0 Å². The second-order valence-electron chi connectivity index (χ2n) is 6.61. The maximum absolute atomic E-state index is 12.0. The number of thioether (sulfide) groups is 1. The lowest BCUT2D eigenvalue weighted by Crippen LogP contribution is -2.49. The van der Waals surface area contributed by atoms with Crippen molar-refractivity contribution in [3.8, 4) is 0 Å². The molecule has 2 amide bonds. The van der Waals surface area contributed by atoms with Crippen molar-refractivity contribution in [3.05, 3.63) is 0 Å². The maximum atomic E-state index is 12.0. The minimum absolute atomic E-state index is 0.0734. The Bertz CT molecular complexity index is 340. The van der Waals surface area contributed by atoms with E-state index in [9.17, 15) is 9.90 Å². The van der Waals surface area contributed by atoms with E-state index in [-0.39, 0.29) is 17.6 Å². The standard InChI is InChI=1S/C15H28N2O2S/c1-15(8-4-3-5-13(15)18)10-16-14(19)17-11-6-7-12(9-11)20-2/h11-13,18H,3-10H2,1-2H3,(H2,16,17,19). The van der Waals surface area contributed by atoms with E-state index in [2.05, 4.69) is 23.8 Å². The van der Waals surface area contributed by atoms with Crippen LogP contribution in [0.3, 0.4) is 0 Å². The Labute approximate surface area is 126 Å². The highest BCUT2D eigenvalue weighted by atomic mass is 32.2. The average molecular weight is 300 g/mol. The predicted molar refractivity (Wildman–Crippen MR) is 84.1 cm³/mol. The lowest BCUT2D eigenvalue weighted by atomic mass is 9.73. The van der Waals surface area contributed by atoms with E-state index >= 15 is 0 Å². The van der Waals surface area contributed by atoms with Crippen molar-refractivity contribution in [1.82, 2.24) is 10.6 Å². The Kier molecular flexibility index (Phi) is 5.61. The lowest BCUT2D eigenvalue weighted by Gasteiger charge is -2.38. The molecule has 4 nitrogen and oxygen atoms in total. The quantitative estimate of drug-likeness (QED) is 0.747. The second-order valence-corrected chi connectivity index (χ2v) is 7.75. The molecule has 2 saturated carbocycles. The van der Waals surface area contributed by atoms with E-state index in [0.717, 1.165) is 38.5 Å². The van der Waals surface area contributed by atoms with Crippen molar-refractivity contribution in [1.29, 1.82) is 0 Å². The zero-order valence-corrected chi connectivity index (χ0v) is 13.5. The van der Waals surface area contributed by atoms with Crippen LogP contribution in [0.25, 0.3) is 0 Å². The minimum atomic E-state index is -0.288. The molecule has 0 radical (unpaired) electrons. The number of aliphatic hydroxyl groups excluding tert-OH is 1. The maximum Gasteiger partial charge on any atom is 0.315 e. The van der Waals surface area contributed by atoms with Gasteiger partial charge in [-0.05, 0) is 38.4 Å². The van der Waals surface area contributed by atoms with Crippen LogP contribution in [-0.2, 0) is 0 Å². The molecule has 3 N–H and O–H groups in total. The van der Waals surface area contributed by atoms with Gasteiger partial charge in [0, 0.05) is 23.3 Å². The highest BCUT2D eigenvalue weighted by Gasteiger charge is 2.35. The van der Waals surface area contributed by atoms with E-state index in [1.165, 1.54) is 6.42 Å². The van der Waals surface area contributed by atoms with Crippen LogP contribution in [0, 0.1) is 5.41 Å². The molecule has 116 valence electrons. The number of carbonyl (C=O) groups excluding carboxylic acids is 1. The van der Waals surface area contributed by atoms with Gasteiger partial charge in [-0.2, -0.15) is 11.8 Å². The van der Waals surface area contributed by atoms with Gasteiger partial charge in [-0.15, -0.1) is 0 Å². The van der Waals surface area contributed by atoms with Crippen LogP contribution in [-0.4, -0.2) is 41.3 Å². The summed E-state index contributed by atoms with van der Waals surface area (Å²) in [6, 6.07) is 0.243. The fraction of sp³-hybridized carbons (Fsp3) is 0.933.